The zero-order valence-electron chi connectivity index (χ0n) is 12.7. The number of halogens is 1. The predicted molar refractivity (Wildman–Crippen MR) is 86.2 cm³/mol. The molecule has 0 amide bonds. The molecule has 0 N–H and O–H groups in total. The number of nitrogens with zero attached hydrogens (tertiary/aromatic N) is 2. The molecular weight excluding hydrogens is 308 g/mol. The number of hydrogen-bond donors (Lipinski definition) is 0. The highest BCUT2D eigenvalue weighted by Gasteiger charge is 2.26. The third-order valence-corrected chi connectivity index (χ3v) is 6.20. The average Bonchev–Trinajstić information content (AvgIpc) is 2.71. The summed E-state index contributed by atoms with van der Waals surface area (Å²) in [7, 11) is -1.39. The van der Waals surface area contributed by atoms with Crippen LogP contribution in [0.1, 0.15) is 24.5 Å². The second kappa shape index (κ2) is 7.09. The van der Waals surface area contributed by atoms with Crippen molar-refractivity contribution in [3.05, 3.63) is 29.3 Å². The van der Waals surface area contributed by atoms with Crippen LogP contribution in [0, 0.1) is 0 Å². The van der Waals surface area contributed by atoms with E-state index >= 15 is 0 Å². The lowest BCUT2D eigenvalue weighted by Gasteiger charge is -2.21. The molecule has 1 aliphatic heterocycles. The lowest BCUT2D eigenvalue weighted by atomic mass is 10.1. The van der Waals surface area contributed by atoms with Gasteiger partial charge < -0.3 is 4.90 Å². The van der Waals surface area contributed by atoms with Gasteiger partial charge in [0.25, 0.3) is 0 Å². The van der Waals surface area contributed by atoms with E-state index in [1.807, 2.05) is 20.0 Å². The number of sulfonamides is 1. The van der Waals surface area contributed by atoms with Gasteiger partial charge in [-0.05, 0) is 49.7 Å². The van der Waals surface area contributed by atoms with E-state index in [2.05, 4.69) is 4.90 Å². The molecule has 0 unspecified atom stereocenters. The van der Waals surface area contributed by atoms with Crippen molar-refractivity contribution in [1.82, 2.24) is 9.21 Å². The molecule has 118 valence electrons. The highest BCUT2D eigenvalue weighted by atomic mass is 35.5. The van der Waals surface area contributed by atoms with Gasteiger partial charge in [-0.3, -0.25) is 0 Å². The molecule has 1 aromatic rings. The first-order valence-corrected chi connectivity index (χ1v) is 9.33. The standard InChI is InChI=1S/C15H23ClN2O2S/c1-3-13-5-6-15(11-14(13)12-16)21(19,20)18-8-4-7-17(2)9-10-18/h5-6,11H,3-4,7-10,12H2,1-2H3. The fourth-order valence-corrected chi connectivity index (χ4v) is 4.41. The molecule has 2 rings (SSSR count). The number of benzene rings is 1. The second-order valence-electron chi connectivity index (χ2n) is 5.48. The van der Waals surface area contributed by atoms with Crippen LogP contribution in [0.2, 0.25) is 0 Å². The molecule has 0 bridgehead atoms. The van der Waals surface area contributed by atoms with Crippen molar-refractivity contribution in [2.24, 2.45) is 0 Å². The molecule has 21 heavy (non-hydrogen) atoms. The molecule has 1 aliphatic rings. The van der Waals surface area contributed by atoms with E-state index in [-0.39, 0.29) is 0 Å². The Kier molecular flexibility index (Phi) is 5.66. The van der Waals surface area contributed by atoms with Crippen LogP contribution in [0.3, 0.4) is 0 Å². The van der Waals surface area contributed by atoms with E-state index in [1.165, 1.54) is 0 Å². The van der Waals surface area contributed by atoms with Crippen LogP contribution in [-0.2, 0) is 22.3 Å². The van der Waals surface area contributed by atoms with E-state index < -0.39 is 10.0 Å². The van der Waals surface area contributed by atoms with Gasteiger partial charge in [-0.15, -0.1) is 11.6 Å². The zero-order chi connectivity index (χ0) is 15.5. The van der Waals surface area contributed by atoms with E-state index in [1.54, 1.807) is 16.4 Å². The van der Waals surface area contributed by atoms with E-state index in [0.717, 1.165) is 37.1 Å². The topological polar surface area (TPSA) is 40.6 Å². The Hall–Kier alpha value is -0.620. The Balaban J connectivity index is 2.30. The molecule has 1 saturated heterocycles. The summed E-state index contributed by atoms with van der Waals surface area (Å²) in [6, 6.07) is 5.32. The first-order valence-electron chi connectivity index (χ1n) is 7.35. The Bertz CT molecular complexity index is 589. The van der Waals surface area contributed by atoms with Gasteiger partial charge in [0.1, 0.15) is 0 Å². The molecular formula is C15H23ClN2O2S. The smallest absolute Gasteiger partial charge is 0.243 e. The Labute approximate surface area is 132 Å². The second-order valence-corrected chi connectivity index (χ2v) is 7.68. The van der Waals surface area contributed by atoms with Gasteiger partial charge in [0.15, 0.2) is 0 Å². The van der Waals surface area contributed by atoms with Crippen LogP contribution in [-0.4, -0.2) is 50.8 Å². The van der Waals surface area contributed by atoms with Gasteiger partial charge in [-0.25, -0.2) is 8.42 Å². The van der Waals surface area contributed by atoms with Crippen LogP contribution in [0.15, 0.2) is 23.1 Å². The molecule has 1 heterocycles. The van der Waals surface area contributed by atoms with Crippen molar-refractivity contribution in [3.8, 4) is 0 Å². The first kappa shape index (κ1) is 16.7. The van der Waals surface area contributed by atoms with Gasteiger partial charge >= 0.3 is 0 Å². The van der Waals surface area contributed by atoms with Crippen LogP contribution >= 0.6 is 11.6 Å². The minimum absolute atomic E-state index is 0.343. The minimum atomic E-state index is -3.42. The van der Waals surface area contributed by atoms with Crippen molar-refractivity contribution >= 4 is 21.6 Å². The molecule has 4 nitrogen and oxygen atoms in total. The monoisotopic (exact) mass is 330 g/mol. The summed E-state index contributed by atoms with van der Waals surface area (Å²) in [6.07, 6.45) is 1.72. The van der Waals surface area contributed by atoms with Crippen molar-refractivity contribution in [1.29, 1.82) is 0 Å². The van der Waals surface area contributed by atoms with Crippen LogP contribution in [0.5, 0.6) is 0 Å². The number of rotatable bonds is 4. The average molecular weight is 331 g/mol. The van der Waals surface area contributed by atoms with Gasteiger partial charge in [0.2, 0.25) is 10.0 Å². The molecule has 0 atom stereocenters. The normalized spacial score (nSPS) is 18.6. The van der Waals surface area contributed by atoms with Crippen LogP contribution in [0.25, 0.3) is 0 Å². The number of aryl methyl sites for hydroxylation is 1. The Morgan fingerprint density at radius 1 is 1.14 bits per heavy atom. The third-order valence-electron chi connectivity index (χ3n) is 4.02. The summed E-state index contributed by atoms with van der Waals surface area (Å²) in [6.45, 7) is 4.88. The third kappa shape index (κ3) is 3.77. The summed E-state index contributed by atoms with van der Waals surface area (Å²) in [5, 5.41) is 0. The Morgan fingerprint density at radius 2 is 1.90 bits per heavy atom. The number of likely N-dealkylation sites (N-methyl/N-ethyl adjacent to an activating group) is 1. The summed E-state index contributed by atoms with van der Waals surface area (Å²) in [5.74, 6) is 0.343. The maximum Gasteiger partial charge on any atom is 0.243 e. The van der Waals surface area contributed by atoms with Crippen molar-refractivity contribution in [2.75, 3.05) is 33.2 Å². The quantitative estimate of drug-likeness (QED) is 0.795. The maximum atomic E-state index is 12.8. The summed E-state index contributed by atoms with van der Waals surface area (Å²) in [4.78, 5) is 2.53. The lowest BCUT2D eigenvalue weighted by Crippen LogP contribution is -2.34. The zero-order valence-corrected chi connectivity index (χ0v) is 14.3. The molecule has 0 aliphatic carbocycles. The van der Waals surface area contributed by atoms with Gasteiger partial charge in [0, 0.05) is 25.5 Å². The number of alkyl halides is 1. The fourth-order valence-electron chi connectivity index (χ4n) is 2.64. The van der Waals surface area contributed by atoms with E-state index in [9.17, 15) is 8.42 Å². The van der Waals surface area contributed by atoms with E-state index in [0.29, 0.717) is 23.9 Å². The van der Waals surface area contributed by atoms with Crippen LogP contribution in [0.4, 0.5) is 0 Å². The molecule has 0 spiro atoms. The van der Waals surface area contributed by atoms with Crippen molar-refractivity contribution < 1.29 is 8.42 Å². The molecule has 1 aromatic carbocycles. The van der Waals surface area contributed by atoms with Gasteiger partial charge in [-0.1, -0.05) is 13.0 Å². The molecule has 0 radical (unpaired) electrons. The van der Waals surface area contributed by atoms with Gasteiger partial charge in [0.05, 0.1) is 4.90 Å². The lowest BCUT2D eigenvalue weighted by molar-refractivity contribution is 0.347. The molecule has 0 aromatic heterocycles. The van der Waals surface area contributed by atoms with Crippen molar-refractivity contribution in [2.45, 2.75) is 30.5 Å². The van der Waals surface area contributed by atoms with Gasteiger partial charge in [-0.2, -0.15) is 4.31 Å². The minimum Gasteiger partial charge on any atom is -0.305 e. The summed E-state index contributed by atoms with van der Waals surface area (Å²) >= 11 is 5.95. The highest BCUT2D eigenvalue weighted by Crippen LogP contribution is 2.22. The molecule has 6 heteroatoms. The molecule has 0 saturated carbocycles. The maximum absolute atomic E-state index is 12.8. The van der Waals surface area contributed by atoms with E-state index in [4.69, 9.17) is 11.6 Å². The summed E-state index contributed by atoms with van der Waals surface area (Å²) in [5.41, 5.74) is 2.02. The molecule has 1 fully saturated rings. The predicted octanol–water partition coefficient (Wildman–Crippen LogP) is 2.31. The number of hydrogen-bond acceptors (Lipinski definition) is 3. The van der Waals surface area contributed by atoms with Crippen LogP contribution < -0.4 is 0 Å². The highest BCUT2D eigenvalue weighted by molar-refractivity contribution is 7.89. The summed E-state index contributed by atoms with van der Waals surface area (Å²) < 4.78 is 27.2. The fraction of sp³-hybridized carbons (Fsp3) is 0.600. The van der Waals surface area contributed by atoms with Crippen molar-refractivity contribution in [3.63, 3.8) is 0 Å². The first-order chi connectivity index (χ1) is 9.98. The Morgan fingerprint density at radius 3 is 2.57 bits per heavy atom. The SMILES string of the molecule is CCc1ccc(S(=O)(=O)N2CCCN(C)CC2)cc1CCl. The largest absolute Gasteiger partial charge is 0.305 e.